The normalized spacial score (nSPS) is 10.9. The SMILES string of the molecule is N#Cc1ccc(S(=O)(=O)Nc2ccc(Oc3ccc(-n4cccn4)nn3)cc2)cc1. The molecule has 0 atom stereocenters. The molecule has 0 aliphatic rings. The van der Waals surface area contributed by atoms with Gasteiger partial charge >= 0.3 is 0 Å². The summed E-state index contributed by atoms with van der Waals surface area (Å²) in [6.45, 7) is 0. The fourth-order valence-electron chi connectivity index (χ4n) is 2.53. The van der Waals surface area contributed by atoms with Gasteiger partial charge in [-0.05, 0) is 60.7 Å². The van der Waals surface area contributed by atoms with E-state index in [1.807, 2.05) is 6.07 Å². The Labute approximate surface area is 172 Å². The molecule has 1 N–H and O–H groups in total. The summed E-state index contributed by atoms with van der Waals surface area (Å²) in [6.07, 6.45) is 3.39. The molecular weight excluding hydrogens is 404 g/mol. The quantitative estimate of drug-likeness (QED) is 0.510. The van der Waals surface area contributed by atoms with Crippen LogP contribution in [0.1, 0.15) is 5.56 Å². The first kappa shape index (κ1) is 19.1. The van der Waals surface area contributed by atoms with Crippen molar-refractivity contribution < 1.29 is 13.2 Å². The van der Waals surface area contributed by atoms with Crippen LogP contribution >= 0.6 is 0 Å². The Morgan fingerprint density at radius 2 is 1.73 bits per heavy atom. The highest BCUT2D eigenvalue weighted by Gasteiger charge is 2.14. The molecule has 0 amide bonds. The van der Waals surface area contributed by atoms with Crippen molar-refractivity contribution in [3.05, 3.63) is 84.7 Å². The molecule has 2 aromatic carbocycles. The van der Waals surface area contributed by atoms with Gasteiger partial charge in [0.2, 0.25) is 5.88 Å². The van der Waals surface area contributed by atoms with Crippen LogP contribution in [0.3, 0.4) is 0 Å². The third-order valence-electron chi connectivity index (χ3n) is 3.99. The van der Waals surface area contributed by atoms with E-state index in [4.69, 9.17) is 10.00 Å². The van der Waals surface area contributed by atoms with Gasteiger partial charge in [-0.2, -0.15) is 10.4 Å². The molecule has 0 fully saturated rings. The fourth-order valence-corrected chi connectivity index (χ4v) is 3.59. The standard InChI is InChI=1S/C20H14N6O3S/c21-14-15-2-8-18(9-3-15)30(27,28)25-16-4-6-17(7-5-16)29-20-11-10-19(23-24-20)26-13-1-12-22-26/h1-13,25H. The second-order valence-electron chi connectivity index (χ2n) is 6.05. The van der Waals surface area contributed by atoms with Crippen molar-refractivity contribution in [1.29, 1.82) is 5.26 Å². The van der Waals surface area contributed by atoms with E-state index in [9.17, 15) is 8.42 Å². The second kappa shape index (κ2) is 8.02. The average molecular weight is 418 g/mol. The second-order valence-corrected chi connectivity index (χ2v) is 7.73. The van der Waals surface area contributed by atoms with Crippen LogP contribution in [0.15, 0.2) is 84.0 Å². The van der Waals surface area contributed by atoms with Crippen molar-refractivity contribution in [2.75, 3.05) is 4.72 Å². The van der Waals surface area contributed by atoms with E-state index >= 15 is 0 Å². The van der Waals surface area contributed by atoms with Gasteiger partial charge in [0.25, 0.3) is 10.0 Å². The maximum Gasteiger partial charge on any atom is 0.261 e. The summed E-state index contributed by atoms with van der Waals surface area (Å²) in [7, 11) is -3.77. The van der Waals surface area contributed by atoms with E-state index in [1.165, 1.54) is 24.3 Å². The van der Waals surface area contributed by atoms with E-state index in [0.717, 1.165) is 0 Å². The maximum atomic E-state index is 12.5. The molecule has 2 heterocycles. The summed E-state index contributed by atoms with van der Waals surface area (Å²) >= 11 is 0. The number of nitrogens with one attached hydrogen (secondary N) is 1. The van der Waals surface area contributed by atoms with E-state index in [2.05, 4.69) is 20.0 Å². The summed E-state index contributed by atoms with van der Waals surface area (Å²) in [5, 5.41) is 20.9. The molecule has 9 nitrogen and oxygen atoms in total. The lowest BCUT2D eigenvalue weighted by Crippen LogP contribution is -2.12. The largest absolute Gasteiger partial charge is 0.438 e. The monoisotopic (exact) mass is 418 g/mol. The van der Waals surface area contributed by atoms with Crippen LogP contribution in [0, 0.1) is 11.3 Å². The lowest BCUT2D eigenvalue weighted by molar-refractivity contribution is 0.454. The Morgan fingerprint density at radius 1 is 0.967 bits per heavy atom. The highest BCUT2D eigenvalue weighted by atomic mass is 32.2. The molecule has 4 rings (SSSR count). The minimum Gasteiger partial charge on any atom is -0.438 e. The molecule has 30 heavy (non-hydrogen) atoms. The predicted molar refractivity (Wildman–Crippen MR) is 108 cm³/mol. The molecule has 0 saturated carbocycles. The fraction of sp³-hybridized carbons (Fsp3) is 0. The van der Waals surface area contributed by atoms with Crippen LogP contribution in [0.4, 0.5) is 5.69 Å². The van der Waals surface area contributed by atoms with Gasteiger partial charge in [0.1, 0.15) is 5.75 Å². The van der Waals surface area contributed by atoms with Gasteiger partial charge in [0.15, 0.2) is 5.82 Å². The van der Waals surface area contributed by atoms with Crippen molar-refractivity contribution in [1.82, 2.24) is 20.0 Å². The molecular formula is C20H14N6O3S. The molecule has 4 aromatic rings. The highest BCUT2D eigenvalue weighted by Crippen LogP contribution is 2.23. The summed E-state index contributed by atoms with van der Waals surface area (Å²) in [6, 6.07) is 19.1. The van der Waals surface area contributed by atoms with E-state index < -0.39 is 10.0 Å². The zero-order valence-corrected chi connectivity index (χ0v) is 16.2. The smallest absolute Gasteiger partial charge is 0.261 e. The number of hydrogen-bond acceptors (Lipinski definition) is 7. The number of anilines is 1. The number of nitrogens with zero attached hydrogens (tertiary/aromatic N) is 5. The van der Waals surface area contributed by atoms with Gasteiger partial charge in [-0.3, -0.25) is 4.72 Å². The van der Waals surface area contributed by atoms with Gasteiger partial charge in [-0.25, -0.2) is 13.1 Å². The molecule has 0 aliphatic heterocycles. The van der Waals surface area contributed by atoms with Gasteiger partial charge in [-0.1, -0.05) is 0 Å². The highest BCUT2D eigenvalue weighted by molar-refractivity contribution is 7.92. The Balaban J connectivity index is 1.43. The molecule has 0 spiro atoms. The van der Waals surface area contributed by atoms with Crippen molar-refractivity contribution in [2.45, 2.75) is 4.90 Å². The number of benzene rings is 2. The third-order valence-corrected chi connectivity index (χ3v) is 5.38. The Bertz CT molecular complexity index is 1280. The molecule has 0 unspecified atom stereocenters. The van der Waals surface area contributed by atoms with Gasteiger partial charge in [-0.15, -0.1) is 10.2 Å². The van der Waals surface area contributed by atoms with Crippen LogP contribution in [0.25, 0.3) is 5.82 Å². The van der Waals surface area contributed by atoms with E-state index in [1.54, 1.807) is 59.5 Å². The minimum atomic E-state index is -3.77. The Morgan fingerprint density at radius 3 is 2.33 bits per heavy atom. The van der Waals surface area contributed by atoms with E-state index in [0.29, 0.717) is 22.8 Å². The lowest BCUT2D eigenvalue weighted by atomic mass is 10.2. The number of nitriles is 1. The lowest BCUT2D eigenvalue weighted by Gasteiger charge is -2.09. The molecule has 0 aliphatic carbocycles. The summed E-state index contributed by atoms with van der Waals surface area (Å²) in [5.41, 5.74) is 0.753. The van der Waals surface area contributed by atoms with Crippen LogP contribution in [-0.4, -0.2) is 28.4 Å². The van der Waals surface area contributed by atoms with Gasteiger partial charge in [0.05, 0.1) is 16.5 Å². The van der Waals surface area contributed by atoms with Crippen molar-refractivity contribution in [3.8, 4) is 23.5 Å². The Kier molecular flexibility index (Phi) is 5.11. The number of hydrogen-bond donors (Lipinski definition) is 1. The Hall–Kier alpha value is -4.23. The van der Waals surface area contributed by atoms with Crippen LogP contribution in [-0.2, 0) is 10.0 Å². The number of aromatic nitrogens is 4. The summed E-state index contributed by atoms with van der Waals surface area (Å²) < 4.78 is 34.6. The summed E-state index contributed by atoms with van der Waals surface area (Å²) in [5.74, 6) is 1.31. The van der Waals surface area contributed by atoms with E-state index in [-0.39, 0.29) is 10.8 Å². The first-order valence-corrected chi connectivity index (χ1v) is 10.2. The average Bonchev–Trinajstić information content (AvgIpc) is 3.30. The topological polar surface area (TPSA) is 123 Å². The molecule has 148 valence electrons. The van der Waals surface area contributed by atoms with Crippen LogP contribution < -0.4 is 9.46 Å². The number of ether oxygens (including phenoxy) is 1. The molecule has 10 heteroatoms. The van der Waals surface area contributed by atoms with Crippen LogP contribution in [0.2, 0.25) is 0 Å². The summed E-state index contributed by atoms with van der Waals surface area (Å²) in [4.78, 5) is 0.0642. The maximum absolute atomic E-state index is 12.5. The van der Waals surface area contributed by atoms with Crippen molar-refractivity contribution >= 4 is 15.7 Å². The molecule has 0 radical (unpaired) electrons. The van der Waals surface area contributed by atoms with Gasteiger partial charge < -0.3 is 4.74 Å². The molecule has 0 saturated heterocycles. The zero-order valence-electron chi connectivity index (χ0n) is 15.4. The first-order chi connectivity index (χ1) is 14.5. The number of sulfonamides is 1. The van der Waals surface area contributed by atoms with Crippen molar-refractivity contribution in [3.63, 3.8) is 0 Å². The van der Waals surface area contributed by atoms with Gasteiger partial charge in [0, 0.05) is 24.1 Å². The van der Waals surface area contributed by atoms with Crippen molar-refractivity contribution in [2.24, 2.45) is 0 Å². The molecule has 0 bridgehead atoms. The number of rotatable bonds is 6. The first-order valence-electron chi connectivity index (χ1n) is 8.68. The third kappa shape index (κ3) is 4.26. The van der Waals surface area contributed by atoms with Crippen LogP contribution in [0.5, 0.6) is 11.6 Å². The predicted octanol–water partition coefficient (Wildman–Crippen LogP) is 3.13. The zero-order chi connectivity index (χ0) is 21.0. The minimum absolute atomic E-state index is 0.0642. The molecule has 2 aromatic heterocycles.